The van der Waals surface area contributed by atoms with Crippen LogP contribution >= 0.6 is 0 Å². The molecule has 1 aliphatic heterocycles. The van der Waals surface area contributed by atoms with E-state index in [1.807, 2.05) is 0 Å². The van der Waals surface area contributed by atoms with Crippen LogP contribution in [0.25, 0.3) is 0 Å². The van der Waals surface area contributed by atoms with E-state index in [2.05, 4.69) is 5.32 Å². The lowest BCUT2D eigenvalue weighted by Gasteiger charge is -2.09. The molecular formula is C4H11BN. The summed E-state index contributed by atoms with van der Waals surface area (Å²) < 4.78 is 0. The zero-order valence-corrected chi connectivity index (χ0v) is 3.20. The standard InChI is InChI=1S/C3H7N.CH4.B/c1-2-4-3-1;;/h4H,1-3H2;1H4;. The van der Waals surface area contributed by atoms with E-state index in [-0.39, 0.29) is 15.8 Å². The van der Waals surface area contributed by atoms with Gasteiger partial charge in [-0.1, -0.05) is 7.43 Å². The first kappa shape index (κ1) is 9.39. The molecule has 1 rings (SSSR count). The zero-order valence-electron chi connectivity index (χ0n) is 3.20. The molecule has 6 heavy (non-hydrogen) atoms. The largest absolute Gasteiger partial charge is 0.317 e. The van der Waals surface area contributed by atoms with Gasteiger partial charge in [0.25, 0.3) is 0 Å². The number of hydrogen-bond acceptors (Lipinski definition) is 1. The van der Waals surface area contributed by atoms with Gasteiger partial charge in [0.2, 0.25) is 0 Å². The molecule has 0 saturated carbocycles. The van der Waals surface area contributed by atoms with Crippen LogP contribution in [-0.4, -0.2) is 21.5 Å². The lowest BCUT2D eigenvalue weighted by molar-refractivity contribution is 0.527. The van der Waals surface area contributed by atoms with Gasteiger partial charge in [-0.15, -0.1) is 0 Å². The van der Waals surface area contributed by atoms with E-state index < -0.39 is 0 Å². The molecule has 3 radical (unpaired) electrons. The third kappa shape index (κ3) is 2.27. The van der Waals surface area contributed by atoms with Crippen LogP contribution in [0.3, 0.4) is 0 Å². The molecule has 0 amide bonds. The summed E-state index contributed by atoms with van der Waals surface area (Å²) in [6, 6.07) is 0. The molecule has 1 N–H and O–H groups in total. The van der Waals surface area contributed by atoms with E-state index in [9.17, 15) is 0 Å². The molecule has 0 spiro atoms. The zero-order chi connectivity index (χ0) is 2.83. The molecule has 0 aromatic rings. The van der Waals surface area contributed by atoms with Crippen LogP contribution in [0.4, 0.5) is 0 Å². The maximum Gasteiger partial charge on any atom is 0 e. The maximum atomic E-state index is 3.11. The Labute approximate surface area is 41.7 Å². The highest BCUT2D eigenvalue weighted by Crippen LogP contribution is 1.80. The van der Waals surface area contributed by atoms with E-state index in [4.69, 9.17) is 0 Å². The molecule has 1 fully saturated rings. The monoisotopic (exact) mass is 84.1 g/mol. The van der Waals surface area contributed by atoms with Crippen LogP contribution in [0.2, 0.25) is 0 Å². The van der Waals surface area contributed by atoms with Crippen molar-refractivity contribution in [3.63, 3.8) is 0 Å². The quantitative estimate of drug-likeness (QED) is 0.414. The summed E-state index contributed by atoms with van der Waals surface area (Å²) in [7, 11) is 0. The van der Waals surface area contributed by atoms with Gasteiger partial charge in [-0.25, -0.2) is 0 Å². The van der Waals surface area contributed by atoms with Crippen molar-refractivity contribution in [1.82, 2.24) is 5.32 Å². The highest BCUT2D eigenvalue weighted by molar-refractivity contribution is 5.75. The van der Waals surface area contributed by atoms with E-state index in [0.29, 0.717) is 0 Å². The molecule has 1 nitrogen and oxygen atoms in total. The lowest BCUT2D eigenvalue weighted by Crippen LogP contribution is -2.29. The Morgan fingerprint density at radius 2 is 1.33 bits per heavy atom. The molecule has 35 valence electrons. The van der Waals surface area contributed by atoms with Crippen molar-refractivity contribution in [2.24, 2.45) is 0 Å². The third-order valence-electron chi connectivity index (χ3n) is 0.707. The summed E-state index contributed by atoms with van der Waals surface area (Å²) in [5, 5.41) is 3.11. The summed E-state index contributed by atoms with van der Waals surface area (Å²) in [6.07, 6.45) is 1.39. The van der Waals surface area contributed by atoms with Gasteiger partial charge in [0.15, 0.2) is 0 Å². The van der Waals surface area contributed by atoms with Crippen molar-refractivity contribution in [3.8, 4) is 0 Å². The van der Waals surface area contributed by atoms with Gasteiger partial charge in [-0.2, -0.15) is 0 Å². The van der Waals surface area contributed by atoms with Gasteiger partial charge in [0.05, 0.1) is 0 Å². The van der Waals surface area contributed by atoms with Crippen molar-refractivity contribution < 1.29 is 0 Å². The first-order valence-corrected chi connectivity index (χ1v) is 1.71. The molecule has 0 unspecified atom stereocenters. The Morgan fingerprint density at radius 1 is 1.17 bits per heavy atom. The molecule has 0 atom stereocenters. The average Bonchev–Trinajstić information content (AvgIpc) is 0.722. The smallest absolute Gasteiger partial charge is 0 e. The van der Waals surface area contributed by atoms with E-state index in [1.54, 1.807) is 0 Å². The Kier molecular flexibility index (Phi) is 7.86. The minimum absolute atomic E-state index is 0. The van der Waals surface area contributed by atoms with Crippen molar-refractivity contribution in [2.45, 2.75) is 13.8 Å². The molecule has 1 heterocycles. The fraction of sp³-hybridized carbons (Fsp3) is 1.00. The minimum Gasteiger partial charge on any atom is -0.317 e. The van der Waals surface area contributed by atoms with Crippen LogP contribution < -0.4 is 5.32 Å². The molecular weight excluding hydrogens is 72.9 g/mol. The van der Waals surface area contributed by atoms with Gasteiger partial charge in [0, 0.05) is 8.41 Å². The van der Waals surface area contributed by atoms with E-state index in [0.717, 1.165) is 0 Å². The number of rotatable bonds is 0. The first-order chi connectivity index (χ1) is 2.00. The first-order valence-electron chi connectivity index (χ1n) is 1.71. The predicted molar refractivity (Wildman–Crippen MR) is 30.0 cm³/mol. The van der Waals surface area contributed by atoms with Gasteiger partial charge in [-0.05, 0) is 19.5 Å². The summed E-state index contributed by atoms with van der Waals surface area (Å²) in [4.78, 5) is 0. The van der Waals surface area contributed by atoms with Crippen LogP contribution in [0.5, 0.6) is 0 Å². The third-order valence-corrected chi connectivity index (χ3v) is 0.707. The molecule has 0 aromatic carbocycles. The summed E-state index contributed by atoms with van der Waals surface area (Å²) >= 11 is 0. The Morgan fingerprint density at radius 3 is 1.33 bits per heavy atom. The van der Waals surface area contributed by atoms with E-state index in [1.165, 1.54) is 19.5 Å². The molecule has 0 aliphatic carbocycles. The second-order valence-corrected chi connectivity index (χ2v) is 1.10. The van der Waals surface area contributed by atoms with Crippen molar-refractivity contribution in [2.75, 3.05) is 13.1 Å². The summed E-state index contributed by atoms with van der Waals surface area (Å²) in [5.74, 6) is 0. The van der Waals surface area contributed by atoms with Crippen molar-refractivity contribution >= 4 is 8.41 Å². The fourth-order valence-corrected chi connectivity index (χ4v) is 0.177. The summed E-state index contributed by atoms with van der Waals surface area (Å²) in [6.45, 7) is 2.50. The van der Waals surface area contributed by atoms with Gasteiger partial charge >= 0.3 is 0 Å². The van der Waals surface area contributed by atoms with Crippen molar-refractivity contribution in [1.29, 1.82) is 0 Å². The highest BCUT2D eigenvalue weighted by Gasteiger charge is 1.92. The van der Waals surface area contributed by atoms with Crippen LogP contribution in [0.15, 0.2) is 0 Å². The Balaban J connectivity index is 0. The number of hydrogen-bond donors (Lipinski definition) is 1. The fourth-order valence-electron chi connectivity index (χ4n) is 0.177. The minimum atomic E-state index is 0. The van der Waals surface area contributed by atoms with Crippen molar-refractivity contribution in [3.05, 3.63) is 0 Å². The lowest BCUT2D eigenvalue weighted by atomic mass is 10.3. The molecule has 0 bridgehead atoms. The normalized spacial score (nSPS) is 16.0. The summed E-state index contributed by atoms with van der Waals surface area (Å²) in [5.41, 5.74) is 0. The number of nitrogens with one attached hydrogen (secondary N) is 1. The average molecular weight is 84.0 g/mol. The SMILES string of the molecule is C.C1CNC1.[B]. The Bertz CT molecular complexity index is 15.5. The topological polar surface area (TPSA) is 12.0 Å². The molecule has 1 aliphatic rings. The van der Waals surface area contributed by atoms with Crippen LogP contribution in [-0.2, 0) is 0 Å². The van der Waals surface area contributed by atoms with Crippen LogP contribution in [0.1, 0.15) is 13.8 Å². The maximum absolute atomic E-state index is 3.11. The predicted octanol–water partition coefficient (Wildman–Crippen LogP) is 0.235. The van der Waals surface area contributed by atoms with Gasteiger partial charge < -0.3 is 5.32 Å². The van der Waals surface area contributed by atoms with Gasteiger partial charge in [0.1, 0.15) is 0 Å². The Hall–Kier alpha value is 0.0249. The molecule has 2 heteroatoms. The van der Waals surface area contributed by atoms with Gasteiger partial charge in [-0.3, -0.25) is 0 Å². The van der Waals surface area contributed by atoms with E-state index >= 15 is 0 Å². The molecule has 1 saturated heterocycles. The van der Waals surface area contributed by atoms with Crippen LogP contribution in [0, 0.1) is 0 Å². The second-order valence-electron chi connectivity index (χ2n) is 1.10. The molecule has 0 aromatic heterocycles. The highest BCUT2D eigenvalue weighted by atomic mass is 14.9. The second kappa shape index (κ2) is 5.02.